The number of phenols is 1. The molecule has 0 aliphatic carbocycles. The molecule has 0 saturated heterocycles. The highest BCUT2D eigenvalue weighted by Crippen LogP contribution is 2.19. The fourth-order valence-corrected chi connectivity index (χ4v) is 2.41. The van der Waals surface area contributed by atoms with Crippen molar-refractivity contribution in [1.29, 1.82) is 0 Å². The Bertz CT molecular complexity index is 422. The van der Waals surface area contributed by atoms with E-state index in [1.807, 2.05) is 30.0 Å². The van der Waals surface area contributed by atoms with Crippen LogP contribution in [0.1, 0.15) is 11.1 Å². The second-order valence-electron chi connectivity index (χ2n) is 3.64. The van der Waals surface area contributed by atoms with Crippen molar-refractivity contribution in [3.8, 4) is 5.75 Å². The fourth-order valence-electron chi connectivity index (χ4n) is 1.45. The third-order valence-electron chi connectivity index (χ3n) is 2.32. The molecule has 0 aliphatic heterocycles. The maximum Gasteiger partial charge on any atom is 0.115 e. The van der Waals surface area contributed by atoms with Gasteiger partial charge in [-0.15, -0.1) is 0 Å². The van der Waals surface area contributed by atoms with Crippen molar-refractivity contribution in [2.24, 2.45) is 0 Å². The molecule has 0 heterocycles. The van der Waals surface area contributed by atoms with Gasteiger partial charge in [0.1, 0.15) is 5.75 Å². The Hall–Kier alpha value is -1.41. The van der Waals surface area contributed by atoms with Crippen LogP contribution < -0.4 is 0 Å². The van der Waals surface area contributed by atoms with Crippen molar-refractivity contribution in [2.45, 2.75) is 11.5 Å². The van der Waals surface area contributed by atoms with E-state index in [1.165, 1.54) is 11.1 Å². The molecule has 0 atom stereocenters. The van der Waals surface area contributed by atoms with Crippen molar-refractivity contribution in [3.05, 3.63) is 65.7 Å². The number of hydrogen-bond acceptors (Lipinski definition) is 2. The van der Waals surface area contributed by atoms with Gasteiger partial charge in [0, 0.05) is 11.5 Å². The highest BCUT2D eigenvalue weighted by atomic mass is 32.2. The van der Waals surface area contributed by atoms with E-state index >= 15 is 0 Å². The van der Waals surface area contributed by atoms with Crippen LogP contribution in [0.15, 0.2) is 54.6 Å². The minimum absolute atomic E-state index is 0.330. The van der Waals surface area contributed by atoms with Gasteiger partial charge in [0.15, 0.2) is 0 Å². The Morgan fingerprint density at radius 3 is 1.94 bits per heavy atom. The van der Waals surface area contributed by atoms with Crippen LogP contribution in [0.2, 0.25) is 0 Å². The van der Waals surface area contributed by atoms with E-state index in [2.05, 4.69) is 24.3 Å². The van der Waals surface area contributed by atoms with Crippen LogP contribution in [-0.4, -0.2) is 5.11 Å². The van der Waals surface area contributed by atoms with Gasteiger partial charge in [-0.25, -0.2) is 0 Å². The van der Waals surface area contributed by atoms with Crippen LogP contribution in [0, 0.1) is 0 Å². The predicted molar refractivity (Wildman–Crippen MR) is 69.5 cm³/mol. The molecule has 0 saturated carbocycles. The summed E-state index contributed by atoms with van der Waals surface area (Å²) in [5, 5.41) is 9.15. The molecule has 0 aliphatic rings. The first-order valence-corrected chi connectivity index (χ1v) is 6.39. The van der Waals surface area contributed by atoms with Crippen molar-refractivity contribution < 1.29 is 5.11 Å². The van der Waals surface area contributed by atoms with Gasteiger partial charge in [-0.05, 0) is 23.3 Å². The number of phenolic OH excluding ortho intramolecular Hbond substituents is 1. The number of thioether (sulfide) groups is 1. The van der Waals surface area contributed by atoms with Gasteiger partial charge in [-0.2, -0.15) is 11.8 Å². The average Bonchev–Trinajstić information content (AvgIpc) is 2.33. The molecule has 1 N–H and O–H groups in total. The van der Waals surface area contributed by atoms with Gasteiger partial charge >= 0.3 is 0 Å². The second-order valence-corrected chi connectivity index (χ2v) is 4.63. The van der Waals surface area contributed by atoms with Crippen LogP contribution in [-0.2, 0) is 11.5 Å². The van der Waals surface area contributed by atoms with E-state index in [0.29, 0.717) is 5.75 Å². The monoisotopic (exact) mass is 230 g/mol. The zero-order valence-corrected chi connectivity index (χ0v) is 9.78. The first-order valence-electron chi connectivity index (χ1n) is 5.24. The molecule has 82 valence electrons. The molecule has 0 bridgehead atoms. The van der Waals surface area contributed by atoms with E-state index in [1.54, 1.807) is 12.1 Å². The number of aromatic hydroxyl groups is 1. The summed E-state index contributed by atoms with van der Waals surface area (Å²) in [7, 11) is 0. The number of rotatable bonds is 4. The Labute approximate surface area is 100 Å². The SMILES string of the molecule is Oc1ccc(CSCc2ccccc2)cc1. The second kappa shape index (κ2) is 5.61. The molecule has 2 rings (SSSR count). The average molecular weight is 230 g/mol. The van der Waals surface area contributed by atoms with E-state index in [-0.39, 0.29) is 0 Å². The summed E-state index contributed by atoms with van der Waals surface area (Å²) in [5.74, 6) is 2.34. The van der Waals surface area contributed by atoms with Gasteiger partial charge < -0.3 is 5.11 Å². The lowest BCUT2D eigenvalue weighted by molar-refractivity contribution is 0.475. The number of hydrogen-bond donors (Lipinski definition) is 1. The topological polar surface area (TPSA) is 20.2 Å². The van der Waals surface area contributed by atoms with Crippen LogP contribution in [0.25, 0.3) is 0 Å². The van der Waals surface area contributed by atoms with Gasteiger partial charge in [0.2, 0.25) is 0 Å². The van der Waals surface area contributed by atoms with Crippen molar-refractivity contribution in [2.75, 3.05) is 0 Å². The molecule has 0 spiro atoms. The standard InChI is InChI=1S/C14H14OS/c15-14-8-6-13(7-9-14)11-16-10-12-4-2-1-3-5-12/h1-9,15H,10-11H2. The van der Waals surface area contributed by atoms with Gasteiger partial charge in [-0.1, -0.05) is 42.5 Å². The molecular formula is C14H14OS. The maximum absolute atomic E-state index is 9.15. The Morgan fingerprint density at radius 1 is 0.750 bits per heavy atom. The summed E-state index contributed by atoms with van der Waals surface area (Å²) < 4.78 is 0. The molecule has 1 nitrogen and oxygen atoms in total. The van der Waals surface area contributed by atoms with Crippen LogP contribution in [0.4, 0.5) is 0 Å². The predicted octanol–water partition coefficient (Wildman–Crippen LogP) is 3.83. The molecule has 0 radical (unpaired) electrons. The zero-order chi connectivity index (χ0) is 11.2. The first kappa shape index (κ1) is 11.1. The van der Waals surface area contributed by atoms with Crippen molar-refractivity contribution >= 4 is 11.8 Å². The van der Waals surface area contributed by atoms with E-state index < -0.39 is 0 Å². The van der Waals surface area contributed by atoms with Crippen molar-refractivity contribution in [1.82, 2.24) is 0 Å². The third-order valence-corrected chi connectivity index (χ3v) is 3.39. The smallest absolute Gasteiger partial charge is 0.115 e. The quantitative estimate of drug-likeness (QED) is 0.861. The molecule has 0 fully saturated rings. The summed E-state index contributed by atoms with van der Waals surface area (Å²) in [6.45, 7) is 0. The van der Waals surface area contributed by atoms with E-state index in [9.17, 15) is 0 Å². The lowest BCUT2D eigenvalue weighted by Crippen LogP contribution is -1.82. The minimum Gasteiger partial charge on any atom is -0.508 e. The van der Waals surface area contributed by atoms with Gasteiger partial charge in [0.25, 0.3) is 0 Å². The fraction of sp³-hybridized carbons (Fsp3) is 0.143. The van der Waals surface area contributed by atoms with Crippen LogP contribution in [0.3, 0.4) is 0 Å². The largest absolute Gasteiger partial charge is 0.508 e. The molecular weight excluding hydrogens is 216 g/mol. The van der Waals surface area contributed by atoms with E-state index in [4.69, 9.17) is 5.11 Å². The lowest BCUT2D eigenvalue weighted by Gasteiger charge is -2.02. The molecule has 2 aromatic rings. The van der Waals surface area contributed by atoms with Gasteiger partial charge in [0.05, 0.1) is 0 Å². The molecule has 2 heteroatoms. The van der Waals surface area contributed by atoms with Crippen molar-refractivity contribution in [3.63, 3.8) is 0 Å². The lowest BCUT2D eigenvalue weighted by atomic mass is 10.2. The van der Waals surface area contributed by atoms with E-state index in [0.717, 1.165) is 11.5 Å². The summed E-state index contributed by atoms with van der Waals surface area (Å²) >= 11 is 1.88. The summed E-state index contributed by atoms with van der Waals surface area (Å²) in [6.07, 6.45) is 0. The summed E-state index contributed by atoms with van der Waals surface area (Å²) in [6, 6.07) is 17.9. The summed E-state index contributed by atoms with van der Waals surface area (Å²) in [5.41, 5.74) is 2.60. The summed E-state index contributed by atoms with van der Waals surface area (Å²) in [4.78, 5) is 0. The maximum atomic E-state index is 9.15. The Kier molecular flexibility index (Phi) is 3.89. The Morgan fingerprint density at radius 2 is 1.31 bits per heavy atom. The normalized spacial score (nSPS) is 10.2. The first-order chi connectivity index (χ1) is 7.84. The molecule has 0 amide bonds. The zero-order valence-electron chi connectivity index (χ0n) is 8.97. The third kappa shape index (κ3) is 3.31. The molecule has 2 aromatic carbocycles. The van der Waals surface area contributed by atoms with Crippen LogP contribution in [0.5, 0.6) is 5.75 Å². The molecule has 0 aromatic heterocycles. The van der Waals surface area contributed by atoms with Gasteiger partial charge in [-0.3, -0.25) is 0 Å². The highest BCUT2D eigenvalue weighted by molar-refractivity contribution is 7.97. The molecule has 0 unspecified atom stereocenters. The Balaban J connectivity index is 1.82. The number of benzene rings is 2. The molecule has 16 heavy (non-hydrogen) atoms. The minimum atomic E-state index is 0.330. The van der Waals surface area contributed by atoms with Crippen LogP contribution >= 0.6 is 11.8 Å². The highest BCUT2D eigenvalue weighted by Gasteiger charge is 1.95.